The topological polar surface area (TPSA) is 53.8 Å². The first-order valence-corrected chi connectivity index (χ1v) is 11.1. The summed E-state index contributed by atoms with van der Waals surface area (Å²) in [5.74, 6) is 0.984. The summed E-state index contributed by atoms with van der Waals surface area (Å²) in [5, 5.41) is 15.6. The van der Waals surface area contributed by atoms with Crippen LogP contribution in [0, 0.1) is 0 Å². The van der Waals surface area contributed by atoms with Crippen molar-refractivity contribution in [3.8, 4) is 11.5 Å². The molecule has 2 N–H and O–H groups in total. The third-order valence-corrected chi connectivity index (χ3v) is 5.96. The molecule has 0 fully saturated rings. The number of nitrogens with one attached hydrogen (secondary N) is 1. The number of hydrogen-bond acceptors (Lipinski definition) is 4. The summed E-state index contributed by atoms with van der Waals surface area (Å²) in [6.07, 6.45) is 0.160. The van der Waals surface area contributed by atoms with Gasteiger partial charge in [-0.3, -0.25) is 10.3 Å². The van der Waals surface area contributed by atoms with Gasteiger partial charge in [-0.1, -0.05) is 40.9 Å². The second-order valence-electron chi connectivity index (χ2n) is 7.23. The van der Waals surface area contributed by atoms with Crippen molar-refractivity contribution in [2.24, 2.45) is 4.99 Å². The van der Waals surface area contributed by atoms with Gasteiger partial charge in [0, 0.05) is 44.4 Å². The predicted molar refractivity (Wildman–Crippen MR) is 127 cm³/mol. The minimum atomic E-state index is -0.413. The quantitative estimate of drug-likeness (QED) is 0.419. The van der Waals surface area contributed by atoms with Crippen LogP contribution < -0.4 is 10.1 Å². The lowest BCUT2D eigenvalue weighted by Gasteiger charge is -2.31. The van der Waals surface area contributed by atoms with Crippen LogP contribution in [-0.2, 0) is 0 Å². The van der Waals surface area contributed by atoms with E-state index in [1.54, 1.807) is 30.3 Å². The molecule has 160 valence electrons. The van der Waals surface area contributed by atoms with Crippen molar-refractivity contribution >= 4 is 40.5 Å². The number of aliphatic imine (C=N–C) groups is 1. The molecule has 0 aliphatic carbocycles. The van der Waals surface area contributed by atoms with Crippen LogP contribution in [0.15, 0.2) is 65.7 Å². The molecule has 0 spiro atoms. The molecule has 0 saturated carbocycles. The number of rotatable bonds is 5. The van der Waals surface area contributed by atoms with E-state index in [0.717, 1.165) is 22.6 Å². The van der Waals surface area contributed by atoms with E-state index in [0.29, 0.717) is 33.7 Å². The van der Waals surface area contributed by atoms with Crippen LogP contribution in [0.2, 0.25) is 15.1 Å². The molecule has 1 aliphatic heterocycles. The van der Waals surface area contributed by atoms with Gasteiger partial charge in [-0.25, -0.2) is 0 Å². The van der Waals surface area contributed by atoms with Gasteiger partial charge in [-0.15, -0.1) is 0 Å². The first kappa shape index (κ1) is 22.0. The van der Waals surface area contributed by atoms with Crippen LogP contribution in [0.25, 0.3) is 0 Å². The van der Waals surface area contributed by atoms with Gasteiger partial charge in [0.1, 0.15) is 17.7 Å². The summed E-state index contributed by atoms with van der Waals surface area (Å²) >= 11 is 18.8. The maximum Gasteiger partial charge on any atom is 0.127 e. The molecule has 2 atom stereocenters. The Kier molecular flexibility index (Phi) is 6.73. The highest BCUT2D eigenvalue weighted by Gasteiger charge is 2.29. The maximum absolute atomic E-state index is 10.5. The lowest BCUT2D eigenvalue weighted by atomic mass is 9.93. The van der Waals surface area contributed by atoms with E-state index in [-0.39, 0.29) is 11.8 Å². The van der Waals surface area contributed by atoms with E-state index >= 15 is 0 Å². The van der Waals surface area contributed by atoms with E-state index < -0.39 is 6.17 Å². The molecular weight excluding hydrogens is 455 g/mol. The number of aromatic hydroxyl groups is 1. The molecule has 1 aliphatic rings. The van der Waals surface area contributed by atoms with Gasteiger partial charge in [0.05, 0.1) is 6.61 Å². The SMILES string of the molecule is CCOc1ccc(C2=NC(c3ccc(Cl)cc3Cl)NC(c3cc(Cl)ccc3O)C2)cc1. The Morgan fingerprint density at radius 3 is 2.39 bits per heavy atom. The highest BCUT2D eigenvalue weighted by molar-refractivity contribution is 6.35. The van der Waals surface area contributed by atoms with Gasteiger partial charge in [0.2, 0.25) is 0 Å². The van der Waals surface area contributed by atoms with Crippen LogP contribution >= 0.6 is 34.8 Å². The number of ether oxygens (including phenoxy) is 1. The smallest absolute Gasteiger partial charge is 0.127 e. The second kappa shape index (κ2) is 9.49. The average Bonchev–Trinajstić information content (AvgIpc) is 2.76. The Bertz CT molecular complexity index is 1120. The molecule has 0 bridgehead atoms. The minimum absolute atomic E-state index is 0.177. The molecule has 7 heteroatoms. The molecule has 3 aromatic carbocycles. The van der Waals surface area contributed by atoms with Gasteiger partial charge in [0.15, 0.2) is 0 Å². The number of halogens is 3. The van der Waals surface area contributed by atoms with E-state index in [2.05, 4.69) is 5.32 Å². The zero-order chi connectivity index (χ0) is 22.0. The molecule has 4 rings (SSSR count). The van der Waals surface area contributed by atoms with Crippen LogP contribution in [0.5, 0.6) is 11.5 Å². The number of phenolic OH excluding ortho intramolecular Hbond substituents is 1. The van der Waals surface area contributed by atoms with E-state index in [4.69, 9.17) is 44.5 Å². The zero-order valence-corrected chi connectivity index (χ0v) is 19.0. The average molecular weight is 476 g/mol. The summed E-state index contributed by atoms with van der Waals surface area (Å²) in [7, 11) is 0. The molecule has 1 heterocycles. The standard InChI is InChI=1S/C24H21Cl3N2O2/c1-2-31-17-7-3-14(4-8-17)21-13-22(19-11-15(25)6-10-23(19)30)29-24(28-21)18-9-5-16(26)12-20(18)27/h3-12,22,24,29-30H,2,13H2,1H3. The normalized spacial score (nSPS) is 18.5. The summed E-state index contributed by atoms with van der Waals surface area (Å²) in [6.45, 7) is 2.56. The van der Waals surface area contributed by atoms with Crippen molar-refractivity contribution < 1.29 is 9.84 Å². The van der Waals surface area contributed by atoms with Crippen LogP contribution in [-0.4, -0.2) is 17.4 Å². The van der Waals surface area contributed by atoms with E-state index in [1.807, 2.05) is 37.3 Å². The monoisotopic (exact) mass is 474 g/mol. The molecule has 0 aromatic heterocycles. The highest BCUT2D eigenvalue weighted by atomic mass is 35.5. The Hall–Kier alpha value is -2.24. The summed E-state index contributed by atoms with van der Waals surface area (Å²) in [5.41, 5.74) is 3.38. The van der Waals surface area contributed by atoms with Gasteiger partial charge in [-0.05, 0) is 67.1 Å². The van der Waals surface area contributed by atoms with Crippen molar-refractivity contribution in [1.82, 2.24) is 5.32 Å². The number of phenols is 1. The fraction of sp³-hybridized carbons (Fsp3) is 0.208. The van der Waals surface area contributed by atoms with Gasteiger partial charge >= 0.3 is 0 Å². The fourth-order valence-electron chi connectivity index (χ4n) is 3.68. The zero-order valence-electron chi connectivity index (χ0n) is 16.8. The largest absolute Gasteiger partial charge is 0.508 e. The van der Waals surface area contributed by atoms with E-state index in [1.165, 1.54) is 0 Å². The third kappa shape index (κ3) is 4.99. The Morgan fingerprint density at radius 2 is 1.68 bits per heavy atom. The lowest BCUT2D eigenvalue weighted by Crippen LogP contribution is -2.33. The fourth-order valence-corrected chi connectivity index (χ4v) is 4.37. The Balaban J connectivity index is 1.75. The van der Waals surface area contributed by atoms with E-state index in [9.17, 15) is 5.11 Å². The molecule has 3 aromatic rings. The van der Waals surface area contributed by atoms with Crippen molar-refractivity contribution in [2.45, 2.75) is 25.6 Å². The van der Waals surface area contributed by atoms with Crippen molar-refractivity contribution in [1.29, 1.82) is 0 Å². The molecule has 0 radical (unpaired) electrons. The third-order valence-electron chi connectivity index (χ3n) is 5.16. The predicted octanol–water partition coefficient (Wildman–Crippen LogP) is 6.97. The Morgan fingerprint density at radius 1 is 0.968 bits per heavy atom. The molecule has 4 nitrogen and oxygen atoms in total. The first-order valence-electron chi connectivity index (χ1n) is 9.94. The number of benzene rings is 3. The second-order valence-corrected chi connectivity index (χ2v) is 8.51. The van der Waals surface area contributed by atoms with Gasteiger partial charge in [0.25, 0.3) is 0 Å². The summed E-state index contributed by atoms with van der Waals surface area (Å²) < 4.78 is 5.56. The molecular formula is C24H21Cl3N2O2. The number of hydrogen-bond donors (Lipinski definition) is 2. The van der Waals surface area contributed by atoms with Gasteiger partial charge in [-0.2, -0.15) is 0 Å². The molecule has 31 heavy (non-hydrogen) atoms. The molecule has 0 saturated heterocycles. The van der Waals surface area contributed by atoms with Crippen molar-refractivity contribution in [3.05, 3.63) is 92.4 Å². The van der Waals surface area contributed by atoms with Crippen molar-refractivity contribution in [3.63, 3.8) is 0 Å². The number of nitrogens with zero attached hydrogens (tertiary/aromatic N) is 1. The molecule has 0 amide bonds. The van der Waals surface area contributed by atoms with Gasteiger partial charge < -0.3 is 9.84 Å². The summed E-state index contributed by atoms with van der Waals surface area (Å²) in [6, 6.07) is 18.0. The van der Waals surface area contributed by atoms with Crippen LogP contribution in [0.3, 0.4) is 0 Å². The minimum Gasteiger partial charge on any atom is -0.508 e. The van der Waals surface area contributed by atoms with Crippen LogP contribution in [0.1, 0.15) is 42.2 Å². The highest BCUT2D eigenvalue weighted by Crippen LogP contribution is 2.37. The first-order chi connectivity index (χ1) is 14.9. The Labute approximate surface area is 196 Å². The maximum atomic E-state index is 10.5. The summed E-state index contributed by atoms with van der Waals surface area (Å²) in [4.78, 5) is 4.94. The molecule has 2 unspecified atom stereocenters. The van der Waals surface area contributed by atoms with Crippen LogP contribution in [0.4, 0.5) is 0 Å². The lowest BCUT2D eigenvalue weighted by molar-refractivity contribution is 0.340. The van der Waals surface area contributed by atoms with Crippen molar-refractivity contribution in [2.75, 3.05) is 6.61 Å².